The first-order valence-corrected chi connectivity index (χ1v) is 48.7. The molecule has 8 heteroatoms. The van der Waals surface area contributed by atoms with Gasteiger partial charge in [0.15, 0.2) is 0 Å². The van der Waals surface area contributed by atoms with Gasteiger partial charge in [0.1, 0.15) is 22.3 Å². The maximum absolute atomic E-state index is 6.30. The van der Waals surface area contributed by atoms with E-state index in [0.29, 0.717) is 0 Å². The van der Waals surface area contributed by atoms with Crippen molar-refractivity contribution in [2.45, 2.75) is 0 Å². The van der Waals surface area contributed by atoms with Gasteiger partial charge in [-0.1, -0.05) is 322 Å². The Balaban J connectivity index is 0.000000102. The highest BCUT2D eigenvalue weighted by atomic mass is 16.3. The van der Waals surface area contributed by atoms with Crippen LogP contribution in [-0.2, 0) is 0 Å². The first kappa shape index (κ1) is 80.3. The average molecular weight is 1810 g/mol. The van der Waals surface area contributed by atoms with E-state index in [1.807, 2.05) is 24.3 Å². The van der Waals surface area contributed by atoms with Crippen LogP contribution in [0.1, 0.15) is 0 Å². The second kappa shape index (κ2) is 32.3. The van der Waals surface area contributed by atoms with E-state index < -0.39 is 0 Å². The van der Waals surface area contributed by atoms with Gasteiger partial charge in [-0.05, 0) is 249 Å². The highest BCUT2D eigenvalue weighted by molar-refractivity contribution is 6.21. The molecule has 0 saturated heterocycles. The lowest BCUT2D eigenvalue weighted by molar-refractivity contribution is 0.668. The molecule has 0 aliphatic heterocycles. The predicted molar refractivity (Wildman–Crippen MR) is 597 cm³/mol. The van der Waals surface area contributed by atoms with Crippen LogP contribution in [0.25, 0.3) is 275 Å². The minimum Gasteiger partial charge on any atom is -0.456 e. The maximum atomic E-state index is 6.30. The van der Waals surface area contributed by atoms with Crippen molar-refractivity contribution in [3.63, 3.8) is 0 Å². The molecule has 0 radical (unpaired) electrons. The van der Waals surface area contributed by atoms with Gasteiger partial charge in [0.2, 0.25) is 0 Å². The Hall–Kier alpha value is -19.0. The van der Waals surface area contributed by atoms with Gasteiger partial charge in [0.05, 0.1) is 94.0 Å². The van der Waals surface area contributed by atoms with Crippen molar-refractivity contribution in [2.24, 2.45) is 0 Å². The lowest BCUT2D eigenvalue weighted by atomic mass is 10.0. The van der Waals surface area contributed by atoms with E-state index in [9.17, 15) is 0 Å². The summed E-state index contributed by atoms with van der Waals surface area (Å²) in [5, 5.41) is 24.6. The van der Waals surface area contributed by atoms with Crippen LogP contribution in [0.5, 0.6) is 0 Å². The van der Waals surface area contributed by atoms with Gasteiger partial charge in [-0.3, -0.25) is 0 Å². The van der Waals surface area contributed by atoms with Crippen molar-refractivity contribution >= 4 is 196 Å². The maximum Gasteiger partial charge on any atom is 0.137 e. The molecule has 8 heterocycles. The van der Waals surface area contributed by atoms with Crippen LogP contribution in [0, 0.1) is 0 Å². The lowest BCUT2D eigenvalue weighted by Crippen LogP contribution is -1.95. The third-order valence-corrected chi connectivity index (χ3v) is 29.5. The van der Waals surface area contributed by atoms with Gasteiger partial charge in [0, 0.05) is 97.9 Å². The molecule has 0 bridgehead atoms. The van der Waals surface area contributed by atoms with Crippen molar-refractivity contribution in [3.8, 4) is 78.6 Å². The Morgan fingerprint density at radius 2 is 0.373 bits per heavy atom. The molecule has 0 aliphatic carbocycles. The Kier molecular flexibility index (Phi) is 18.3. The van der Waals surface area contributed by atoms with E-state index >= 15 is 0 Å². The first-order valence-electron chi connectivity index (χ1n) is 48.7. The molecule has 0 amide bonds. The zero-order valence-corrected chi connectivity index (χ0v) is 77.0. The van der Waals surface area contributed by atoms with Gasteiger partial charge in [-0.25, -0.2) is 0 Å². The van der Waals surface area contributed by atoms with E-state index in [1.165, 1.54) is 214 Å². The number of rotatable bonds is 10. The molecule has 0 unspecified atom stereocenters. The SMILES string of the molecule is c1ccc(-c2ccc(-n3c4ccccc4c4cc(-c5ccc6c(c5)c5ccccc5n6-c5cccc6oc7ccccc7c56)ccc43)cc2)cc1.c1ccc(-n2c3ccccc3c3cc(-c4ccc5c(c4)c4ccccc4n5-c4cccc5oc6ccccc6c45)ccc32)cc1.c1ccc2cc(-n3c4ccccc4c4cc(-c5ccc6c(c5)c5ccccc5n6-c5cccc6ccccc56)ccc43)ccc2c1. The van der Waals surface area contributed by atoms with Crippen molar-refractivity contribution in [2.75, 3.05) is 0 Å². The van der Waals surface area contributed by atoms with Crippen LogP contribution in [0.15, 0.2) is 518 Å². The number of hydrogen-bond acceptors (Lipinski definition) is 2. The summed E-state index contributed by atoms with van der Waals surface area (Å²) in [6.07, 6.45) is 0. The second-order valence-electron chi connectivity index (χ2n) is 37.3. The summed E-state index contributed by atoms with van der Waals surface area (Å²) in [5.41, 5.74) is 34.7. The van der Waals surface area contributed by atoms with Gasteiger partial charge in [-0.15, -0.1) is 0 Å². The quantitative estimate of drug-likeness (QED) is 0.137. The van der Waals surface area contributed by atoms with Crippen molar-refractivity contribution < 1.29 is 8.83 Å². The average Bonchev–Trinajstić information content (AvgIpc) is 1.57. The number of fused-ring (bicyclic) bond motifs is 26. The van der Waals surface area contributed by atoms with Crippen LogP contribution in [0.2, 0.25) is 0 Å². The molecule has 0 fully saturated rings. The predicted octanol–water partition coefficient (Wildman–Crippen LogP) is 36.4. The third kappa shape index (κ3) is 12.7. The minimum atomic E-state index is 0.899. The number of nitrogens with zero attached hydrogens (tertiary/aromatic N) is 6. The molecular weight excluding hydrogens is 1730 g/mol. The molecule has 662 valence electrons. The molecular formula is C134H84N6O2. The summed E-state index contributed by atoms with van der Waals surface area (Å²) in [6.45, 7) is 0. The van der Waals surface area contributed by atoms with Crippen LogP contribution < -0.4 is 0 Å². The molecule has 23 aromatic carbocycles. The summed E-state index contributed by atoms with van der Waals surface area (Å²) in [4.78, 5) is 0. The smallest absolute Gasteiger partial charge is 0.137 e. The monoisotopic (exact) mass is 1810 g/mol. The number of hydrogen-bond donors (Lipinski definition) is 0. The topological polar surface area (TPSA) is 55.9 Å². The summed E-state index contributed by atoms with van der Waals surface area (Å²) >= 11 is 0. The number of benzene rings is 23. The molecule has 0 atom stereocenters. The third-order valence-electron chi connectivity index (χ3n) is 29.5. The molecule has 0 aliphatic rings. The molecule has 31 rings (SSSR count). The van der Waals surface area contributed by atoms with Crippen molar-refractivity contribution in [1.82, 2.24) is 27.4 Å². The fourth-order valence-corrected chi connectivity index (χ4v) is 23.1. The molecule has 8 nitrogen and oxygen atoms in total. The molecule has 0 saturated carbocycles. The zero-order chi connectivity index (χ0) is 93.1. The van der Waals surface area contributed by atoms with E-state index in [-0.39, 0.29) is 0 Å². The van der Waals surface area contributed by atoms with Crippen molar-refractivity contribution in [3.05, 3.63) is 510 Å². The zero-order valence-electron chi connectivity index (χ0n) is 77.0. The van der Waals surface area contributed by atoms with Crippen LogP contribution in [-0.4, -0.2) is 27.4 Å². The van der Waals surface area contributed by atoms with Gasteiger partial charge in [-0.2, -0.15) is 0 Å². The standard InChI is InChI=1S/C48H30N2O.C44H28N2.C42H26N2O/c1-2-11-31(12-3-1)32-21-25-35(26-22-32)49-41-16-7-4-13-36(41)39-29-33(23-27-43(39)49)34-24-28-44-40(30-34)37-14-5-8-17-42(37)50(44)45-18-10-20-47-48(45)38-15-6-9-19-46(38)51-47;1-2-12-31-26-34(23-20-29(31)10-1)45-41-17-7-5-15-36(41)38-27-32(21-24-43(38)45)33-22-25-44-39(28-33)37-16-6-8-18-42(37)46(44)40-19-9-13-30-11-3-4-14-35(30)40;1-2-11-29(12-3-1)43-35-16-7-4-13-30(35)33-25-27(21-23-37(33)43)28-22-24-38-34(26-28)31-14-5-8-17-36(31)44(38)39-18-10-20-41-42(39)32-15-6-9-19-40(32)45-41/h1-30H;1-28H;1-26H. The molecule has 0 N–H and O–H groups in total. The Morgan fingerprint density at radius 1 is 0.120 bits per heavy atom. The van der Waals surface area contributed by atoms with Gasteiger partial charge < -0.3 is 36.2 Å². The largest absolute Gasteiger partial charge is 0.456 e. The van der Waals surface area contributed by atoms with Crippen molar-refractivity contribution in [1.29, 1.82) is 0 Å². The van der Waals surface area contributed by atoms with E-state index in [1.54, 1.807) is 0 Å². The van der Waals surface area contributed by atoms with E-state index in [2.05, 4.69) is 513 Å². The van der Waals surface area contributed by atoms with Crippen LogP contribution >= 0.6 is 0 Å². The summed E-state index contributed by atoms with van der Waals surface area (Å²) in [5.74, 6) is 0. The Bertz CT molecular complexity index is 10600. The summed E-state index contributed by atoms with van der Waals surface area (Å²) in [7, 11) is 0. The molecule has 31 aromatic rings. The Labute approximate surface area is 815 Å². The van der Waals surface area contributed by atoms with Crippen LogP contribution in [0.4, 0.5) is 0 Å². The number of furan rings is 2. The second-order valence-corrected chi connectivity index (χ2v) is 37.3. The van der Waals surface area contributed by atoms with E-state index in [0.717, 1.165) is 60.9 Å². The fraction of sp³-hybridized carbons (Fsp3) is 0. The first-order chi connectivity index (χ1) is 70.4. The van der Waals surface area contributed by atoms with E-state index in [4.69, 9.17) is 8.83 Å². The number of para-hydroxylation sites is 9. The highest BCUT2D eigenvalue weighted by Crippen LogP contribution is 2.48. The fourth-order valence-electron chi connectivity index (χ4n) is 23.1. The Morgan fingerprint density at radius 3 is 0.782 bits per heavy atom. The normalized spacial score (nSPS) is 11.9. The highest BCUT2D eigenvalue weighted by Gasteiger charge is 2.26. The van der Waals surface area contributed by atoms with Gasteiger partial charge >= 0.3 is 0 Å². The van der Waals surface area contributed by atoms with Gasteiger partial charge in [0.25, 0.3) is 0 Å². The molecule has 8 aromatic heterocycles. The molecule has 0 spiro atoms. The summed E-state index contributed by atoms with van der Waals surface area (Å²) < 4.78 is 27.0. The van der Waals surface area contributed by atoms with Crippen LogP contribution in [0.3, 0.4) is 0 Å². The minimum absolute atomic E-state index is 0.899. The lowest BCUT2D eigenvalue weighted by Gasteiger charge is -2.12. The number of aromatic nitrogens is 6. The summed E-state index contributed by atoms with van der Waals surface area (Å²) in [6, 6.07) is 184. The molecule has 142 heavy (non-hydrogen) atoms.